The summed E-state index contributed by atoms with van der Waals surface area (Å²) >= 11 is 2.33. The van der Waals surface area contributed by atoms with Gasteiger partial charge in [-0.1, -0.05) is 59.0 Å². The molecule has 2 aromatic carbocycles. The Morgan fingerprint density at radius 2 is 1.83 bits per heavy atom. The van der Waals surface area contributed by atoms with Crippen LogP contribution in [0.1, 0.15) is 49.5 Å². The van der Waals surface area contributed by atoms with Crippen LogP contribution in [0.2, 0.25) is 0 Å². The molecule has 35 heavy (non-hydrogen) atoms. The maximum atomic E-state index is 12.9. The second-order valence-electron chi connectivity index (χ2n) is 8.99. The number of rotatable bonds is 12. The Morgan fingerprint density at radius 3 is 2.49 bits per heavy atom. The van der Waals surface area contributed by atoms with Gasteiger partial charge >= 0.3 is 5.97 Å². The van der Waals surface area contributed by atoms with Gasteiger partial charge in [-0.2, -0.15) is 0 Å². The molecule has 1 aliphatic rings. The van der Waals surface area contributed by atoms with Gasteiger partial charge in [0.25, 0.3) is 0 Å². The van der Waals surface area contributed by atoms with Gasteiger partial charge in [-0.25, -0.2) is 4.79 Å². The molecule has 0 N–H and O–H groups in total. The lowest BCUT2D eigenvalue weighted by atomic mass is 10.0. The van der Waals surface area contributed by atoms with Gasteiger partial charge in [-0.3, -0.25) is 0 Å². The van der Waals surface area contributed by atoms with Crippen LogP contribution in [0.15, 0.2) is 66.7 Å². The molecule has 1 fully saturated rings. The number of carbonyl (C=O) groups is 1. The topological polar surface area (TPSA) is 63.2 Å². The van der Waals surface area contributed by atoms with E-state index in [9.17, 15) is 4.79 Å². The zero-order valence-corrected chi connectivity index (χ0v) is 23.0. The van der Waals surface area contributed by atoms with E-state index in [2.05, 4.69) is 22.6 Å². The van der Waals surface area contributed by atoms with Gasteiger partial charge in [0, 0.05) is 4.43 Å². The summed E-state index contributed by atoms with van der Waals surface area (Å²) in [5, 5.41) is 0. The molecule has 6 nitrogen and oxygen atoms in total. The number of esters is 1. The summed E-state index contributed by atoms with van der Waals surface area (Å²) in [6.07, 6.45) is 4.24. The Labute approximate surface area is 222 Å². The second-order valence-corrected chi connectivity index (χ2v) is 10.1. The quantitative estimate of drug-likeness (QED) is 0.128. The second kappa shape index (κ2) is 13.4. The van der Waals surface area contributed by atoms with Crippen LogP contribution in [-0.2, 0) is 25.6 Å². The van der Waals surface area contributed by atoms with Crippen molar-refractivity contribution >= 4 is 28.6 Å². The minimum absolute atomic E-state index is 0.0128. The molecule has 0 spiro atoms. The molecule has 1 aliphatic heterocycles. The van der Waals surface area contributed by atoms with Crippen LogP contribution >= 0.6 is 22.6 Å². The number of hydrogen-bond donors (Lipinski definition) is 0. The number of carbonyl (C=O) groups excluding carboxylic acids is 1. The van der Waals surface area contributed by atoms with Crippen LogP contribution in [0.5, 0.6) is 5.75 Å². The zero-order valence-electron chi connectivity index (χ0n) is 20.8. The molecule has 190 valence electrons. The molecule has 0 aliphatic carbocycles. The van der Waals surface area contributed by atoms with Crippen LogP contribution in [0, 0.1) is 0 Å². The molecule has 2 aromatic rings. The molecular weight excluding hydrogens is 559 g/mol. The summed E-state index contributed by atoms with van der Waals surface area (Å²) in [6, 6.07) is 16.8. The number of methoxy groups -OCH3 is 1. The first-order valence-corrected chi connectivity index (χ1v) is 13.4. The maximum Gasteiger partial charge on any atom is 0.338 e. The van der Waals surface area contributed by atoms with Gasteiger partial charge in [0.05, 0.1) is 31.5 Å². The van der Waals surface area contributed by atoms with Crippen molar-refractivity contribution in [3.05, 3.63) is 77.9 Å². The fourth-order valence-corrected chi connectivity index (χ4v) is 4.50. The predicted octanol–water partition coefficient (Wildman–Crippen LogP) is 6.12. The van der Waals surface area contributed by atoms with E-state index >= 15 is 0 Å². The normalized spacial score (nSPS) is 21.1. The Morgan fingerprint density at radius 1 is 1.11 bits per heavy atom. The van der Waals surface area contributed by atoms with Gasteiger partial charge in [0.1, 0.15) is 18.0 Å². The summed E-state index contributed by atoms with van der Waals surface area (Å²) in [5.74, 6) is -0.296. The average molecular weight is 594 g/mol. The van der Waals surface area contributed by atoms with Crippen molar-refractivity contribution in [2.45, 2.75) is 70.4 Å². The SMILES string of the molecule is COc1ccc(CO[C@@H](C)CC=CC(OC(=O)c2ccccc2)C2OC(C)(C)O[C@H]2CCI)cc1. The lowest BCUT2D eigenvalue weighted by Crippen LogP contribution is -2.38. The van der Waals surface area contributed by atoms with Gasteiger partial charge in [0.15, 0.2) is 5.79 Å². The fraction of sp³-hybridized carbons (Fsp3) is 0.464. The highest BCUT2D eigenvalue weighted by atomic mass is 127. The Kier molecular flexibility index (Phi) is 10.6. The summed E-state index contributed by atoms with van der Waals surface area (Å²) in [7, 11) is 1.65. The number of hydrogen-bond acceptors (Lipinski definition) is 6. The van der Waals surface area contributed by atoms with Crippen molar-refractivity contribution in [2.75, 3.05) is 11.5 Å². The lowest BCUT2D eigenvalue weighted by Gasteiger charge is -2.24. The number of benzene rings is 2. The first kappa shape index (κ1) is 27.6. The first-order valence-electron chi connectivity index (χ1n) is 11.9. The molecule has 4 atom stereocenters. The third-order valence-corrected chi connectivity index (χ3v) is 6.30. The van der Waals surface area contributed by atoms with Crippen molar-refractivity contribution in [1.29, 1.82) is 0 Å². The molecule has 3 rings (SSSR count). The summed E-state index contributed by atoms with van der Waals surface area (Å²) in [4.78, 5) is 12.9. The van der Waals surface area contributed by atoms with Crippen molar-refractivity contribution in [1.82, 2.24) is 0 Å². The van der Waals surface area contributed by atoms with E-state index in [1.807, 2.05) is 75.4 Å². The zero-order chi connectivity index (χ0) is 25.3. The predicted molar refractivity (Wildman–Crippen MR) is 144 cm³/mol. The van der Waals surface area contributed by atoms with Crippen molar-refractivity contribution in [3.8, 4) is 5.75 Å². The minimum atomic E-state index is -0.735. The van der Waals surface area contributed by atoms with E-state index < -0.39 is 11.9 Å². The minimum Gasteiger partial charge on any atom is -0.497 e. The Hall–Kier alpha value is -1.94. The van der Waals surface area contributed by atoms with E-state index in [-0.39, 0.29) is 24.3 Å². The molecule has 0 radical (unpaired) electrons. The highest BCUT2D eigenvalue weighted by Gasteiger charge is 2.45. The highest BCUT2D eigenvalue weighted by molar-refractivity contribution is 14.1. The van der Waals surface area contributed by atoms with Crippen molar-refractivity contribution in [3.63, 3.8) is 0 Å². The third-order valence-electron chi connectivity index (χ3n) is 5.68. The van der Waals surface area contributed by atoms with E-state index in [4.69, 9.17) is 23.7 Å². The monoisotopic (exact) mass is 594 g/mol. The Balaban J connectivity index is 1.65. The molecule has 0 amide bonds. The van der Waals surface area contributed by atoms with Crippen LogP contribution in [0.4, 0.5) is 0 Å². The van der Waals surface area contributed by atoms with Gasteiger partial charge in [-0.05, 0) is 69.5 Å². The lowest BCUT2D eigenvalue weighted by molar-refractivity contribution is -0.153. The van der Waals surface area contributed by atoms with Gasteiger partial charge < -0.3 is 23.7 Å². The van der Waals surface area contributed by atoms with Crippen LogP contribution in [0.3, 0.4) is 0 Å². The van der Waals surface area contributed by atoms with E-state index in [1.165, 1.54) is 0 Å². The van der Waals surface area contributed by atoms with E-state index in [0.29, 0.717) is 18.6 Å². The van der Waals surface area contributed by atoms with Gasteiger partial charge in [0.2, 0.25) is 0 Å². The van der Waals surface area contributed by atoms with Crippen LogP contribution in [0.25, 0.3) is 0 Å². The molecule has 0 aromatic heterocycles. The van der Waals surface area contributed by atoms with E-state index in [0.717, 1.165) is 22.2 Å². The van der Waals surface area contributed by atoms with Crippen LogP contribution < -0.4 is 4.74 Å². The molecule has 0 bridgehead atoms. The molecule has 2 unspecified atom stereocenters. The standard InChI is InChI=1S/C28H35IO6/c1-20(32-19-21-13-15-23(31-4)16-14-21)9-8-12-24(33-27(30)22-10-6-5-7-11-22)26-25(17-18-29)34-28(2,3)35-26/h5-8,10-16,20,24-26H,9,17-19H2,1-4H3/t20-,24?,25-,26?/m0/s1. The molecule has 1 saturated heterocycles. The fourth-order valence-electron chi connectivity index (χ4n) is 3.89. The molecule has 7 heteroatoms. The Bertz CT molecular complexity index is 944. The molecular formula is C28H35IO6. The smallest absolute Gasteiger partial charge is 0.338 e. The van der Waals surface area contributed by atoms with Crippen molar-refractivity contribution in [2.24, 2.45) is 0 Å². The maximum absolute atomic E-state index is 12.9. The van der Waals surface area contributed by atoms with E-state index in [1.54, 1.807) is 19.2 Å². The third kappa shape index (κ3) is 8.59. The average Bonchev–Trinajstić information content (AvgIpc) is 3.17. The molecule has 1 heterocycles. The van der Waals surface area contributed by atoms with Crippen molar-refractivity contribution < 1.29 is 28.5 Å². The number of halogens is 1. The van der Waals surface area contributed by atoms with Crippen LogP contribution in [-0.4, -0.2) is 47.7 Å². The summed E-state index contributed by atoms with van der Waals surface area (Å²) in [5.41, 5.74) is 1.59. The molecule has 0 saturated carbocycles. The first-order chi connectivity index (χ1) is 16.8. The summed E-state index contributed by atoms with van der Waals surface area (Å²) in [6.45, 7) is 6.32. The largest absolute Gasteiger partial charge is 0.497 e. The highest BCUT2D eigenvalue weighted by Crippen LogP contribution is 2.33. The number of alkyl halides is 1. The summed E-state index contributed by atoms with van der Waals surface area (Å²) < 4.78 is 30.4. The van der Waals surface area contributed by atoms with Gasteiger partial charge in [-0.15, -0.1) is 0 Å². The number of ether oxygens (including phenoxy) is 5.